The predicted octanol–water partition coefficient (Wildman–Crippen LogP) is 2.44. The first kappa shape index (κ1) is 18.6. The molecule has 3 aliphatic rings. The minimum absolute atomic E-state index is 0.203. The number of anilines is 2. The van der Waals surface area contributed by atoms with E-state index in [0.29, 0.717) is 29.2 Å². The molecule has 0 saturated carbocycles. The normalized spacial score (nSPS) is 22.1. The van der Waals surface area contributed by atoms with Crippen molar-refractivity contribution in [1.29, 1.82) is 0 Å². The number of carboxylic acid groups (broad SMARTS) is 1. The molecule has 1 saturated heterocycles. The molecule has 0 aliphatic carbocycles. The maximum atomic E-state index is 13.1. The average molecular weight is 408 g/mol. The molecular formula is C21H20N4O5. The second-order valence-electron chi connectivity index (χ2n) is 7.78. The number of ether oxygens (including phenoxy) is 1. The van der Waals surface area contributed by atoms with E-state index in [0.717, 1.165) is 16.0 Å². The van der Waals surface area contributed by atoms with Crippen LogP contribution in [0.5, 0.6) is 5.75 Å². The van der Waals surface area contributed by atoms with Gasteiger partial charge in [-0.25, -0.2) is 14.8 Å². The number of aliphatic hydroxyl groups is 1. The lowest BCUT2D eigenvalue weighted by atomic mass is 9.86. The van der Waals surface area contributed by atoms with E-state index >= 15 is 0 Å². The summed E-state index contributed by atoms with van der Waals surface area (Å²) in [5.41, 5.74) is 1.83. The molecule has 0 unspecified atom stereocenters. The number of carbonyl (C=O) groups excluding carboxylic acids is 1. The van der Waals surface area contributed by atoms with Gasteiger partial charge in [0, 0.05) is 24.6 Å². The molecular weight excluding hydrogens is 388 g/mol. The van der Waals surface area contributed by atoms with E-state index < -0.39 is 11.7 Å². The molecule has 1 aromatic carbocycles. The summed E-state index contributed by atoms with van der Waals surface area (Å²) in [5.74, 6) is 0.472. The van der Waals surface area contributed by atoms with Crippen molar-refractivity contribution in [2.45, 2.75) is 25.9 Å². The van der Waals surface area contributed by atoms with Crippen molar-refractivity contribution < 1.29 is 24.5 Å². The maximum Gasteiger partial charge on any atom is 0.413 e. The summed E-state index contributed by atoms with van der Waals surface area (Å²) >= 11 is 0. The summed E-state index contributed by atoms with van der Waals surface area (Å²) in [7, 11) is 0. The van der Waals surface area contributed by atoms with Crippen LogP contribution in [-0.4, -0.2) is 58.2 Å². The zero-order valence-electron chi connectivity index (χ0n) is 16.5. The topological polar surface area (TPSA) is 116 Å². The maximum absolute atomic E-state index is 13.1. The van der Waals surface area contributed by atoms with Gasteiger partial charge in [-0.2, -0.15) is 0 Å². The number of pyridine rings is 1. The van der Waals surface area contributed by atoms with Crippen molar-refractivity contribution in [2.75, 3.05) is 29.5 Å². The first-order valence-electron chi connectivity index (χ1n) is 9.68. The number of fused-ring (bicyclic) bond motifs is 3. The average Bonchev–Trinajstić information content (AvgIpc) is 3.06. The monoisotopic (exact) mass is 408 g/mol. The minimum Gasteiger partial charge on any atom is -0.488 e. The zero-order valence-corrected chi connectivity index (χ0v) is 16.5. The molecule has 1 aromatic heterocycles. The number of aryl methyl sites for hydroxylation is 2. The SMILES string of the molecule is Cc1cc2c(cc1C)C(=O)[C@]1(O)CCN(c3cnc4c(c3)OCCN4C(=O)O)C1=N2. The standard InChI is InChI=1S/C21H20N4O5/c1-11-7-14-15(8-12(11)2)23-19-21(29,17(14)26)3-4-24(19)13-9-16-18(22-10-13)25(20(27)28)5-6-30-16/h7-10,29H,3-6H2,1-2H3,(H,27,28)/t21-/m1/s1. The Bertz CT molecular complexity index is 1140. The molecule has 2 N–H and O–H groups in total. The quantitative estimate of drug-likeness (QED) is 0.745. The van der Waals surface area contributed by atoms with E-state index in [1.54, 1.807) is 17.0 Å². The molecule has 0 spiro atoms. The Morgan fingerprint density at radius 2 is 1.97 bits per heavy atom. The Morgan fingerprint density at radius 3 is 2.73 bits per heavy atom. The number of hydrogen-bond acceptors (Lipinski definition) is 7. The summed E-state index contributed by atoms with van der Waals surface area (Å²) in [4.78, 5) is 36.4. The highest BCUT2D eigenvalue weighted by Gasteiger charge is 2.52. The van der Waals surface area contributed by atoms with Crippen molar-refractivity contribution in [3.05, 3.63) is 41.1 Å². The first-order valence-corrected chi connectivity index (χ1v) is 9.68. The van der Waals surface area contributed by atoms with E-state index in [2.05, 4.69) is 9.98 Å². The largest absolute Gasteiger partial charge is 0.488 e. The molecule has 4 heterocycles. The Labute approximate surface area is 172 Å². The number of hydrogen-bond donors (Lipinski definition) is 2. The number of nitrogens with zero attached hydrogens (tertiary/aromatic N) is 4. The Balaban J connectivity index is 1.59. The Kier molecular flexibility index (Phi) is 3.88. The van der Waals surface area contributed by atoms with Gasteiger partial charge < -0.3 is 19.8 Å². The van der Waals surface area contributed by atoms with Gasteiger partial charge in [0.2, 0.25) is 5.78 Å². The molecule has 0 bridgehead atoms. The van der Waals surface area contributed by atoms with Gasteiger partial charge in [-0.3, -0.25) is 9.69 Å². The summed E-state index contributed by atoms with van der Waals surface area (Å²) < 4.78 is 5.61. The van der Waals surface area contributed by atoms with E-state index in [1.807, 2.05) is 19.9 Å². The summed E-state index contributed by atoms with van der Waals surface area (Å²) in [6.45, 7) is 4.67. The third kappa shape index (κ3) is 2.51. The molecule has 154 valence electrons. The van der Waals surface area contributed by atoms with Gasteiger partial charge in [0.1, 0.15) is 12.4 Å². The van der Waals surface area contributed by atoms with Crippen molar-refractivity contribution >= 4 is 34.9 Å². The highest BCUT2D eigenvalue weighted by Crippen LogP contribution is 2.42. The number of Topliss-reactive ketones (excluding diaryl/α,β-unsaturated/α-hetero) is 1. The van der Waals surface area contributed by atoms with Gasteiger partial charge in [-0.1, -0.05) is 0 Å². The first-order chi connectivity index (χ1) is 14.3. The van der Waals surface area contributed by atoms with Gasteiger partial charge >= 0.3 is 6.09 Å². The van der Waals surface area contributed by atoms with E-state index in [-0.39, 0.29) is 37.0 Å². The number of rotatable bonds is 1. The molecule has 9 heteroatoms. The van der Waals surface area contributed by atoms with Crippen LogP contribution in [0.2, 0.25) is 0 Å². The fourth-order valence-electron chi connectivity index (χ4n) is 4.17. The number of amidine groups is 1. The highest BCUT2D eigenvalue weighted by atomic mass is 16.5. The summed E-state index contributed by atoms with van der Waals surface area (Å²) in [5, 5.41) is 20.6. The van der Waals surface area contributed by atoms with Crippen LogP contribution in [-0.2, 0) is 0 Å². The highest BCUT2D eigenvalue weighted by molar-refractivity contribution is 6.28. The van der Waals surface area contributed by atoms with E-state index in [1.165, 1.54) is 6.20 Å². The smallest absolute Gasteiger partial charge is 0.413 e. The number of ketones is 1. The van der Waals surface area contributed by atoms with Crippen molar-refractivity contribution in [2.24, 2.45) is 4.99 Å². The van der Waals surface area contributed by atoms with Gasteiger partial charge in [0.05, 0.1) is 24.1 Å². The van der Waals surface area contributed by atoms with E-state index in [9.17, 15) is 19.8 Å². The number of benzene rings is 1. The van der Waals surface area contributed by atoms with Gasteiger partial charge in [-0.05, 0) is 37.1 Å². The number of carbonyl (C=O) groups is 2. The fourth-order valence-corrected chi connectivity index (χ4v) is 4.17. The van der Waals surface area contributed by atoms with Crippen LogP contribution in [0.4, 0.5) is 22.0 Å². The molecule has 3 aliphatic heterocycles. The second kappa shape index (κ2) is 6.27. The van der Waals surface area contributed by atoms with Crippen molar-refractivity contribution in [1.82, 2.24) is 4.98 Å². The number of amides is 1. The Morgan fingerprint density at radius 1 is 1.20 bits per heavy atom. The fraction of sp³-hybridized carbons (Fsp3) is 0.333. The second-order valence-corrected chi connectivity index (χ2v) is 7.78. The summed E-state index contributed by atoms with van der Waals surface area (Å²) in [6, 6.07) is 5.30. The lowest BCUT2D eigenvalue weighted by Gasteiger charge is -2.31. The number of aromatic nitrogens is 1. The molecule has 1 amide bonds. The number of aliphatic imine (C=N–C) groups is 1. The van der Waals surface area contributed by atoms with Gasteiger partial charge in [0.25, 0.3) is 0 Å². The van der Waals surface area contributed by atoms with Crippen LogP contribution in [0, 0.1) is 13.8 Å². The van der Waals surface area contributed by atoms with Crippen LogP contribution in [0.1, 0.15) is 27.9 Å². The third-order valence-corrected chi connectivity index (χ3v) is 5.97. The molecule has 1 atom stereocenters. The molecule has 30 heavy (non-hydrogen) atoms. The third-order valence-electron chi connectivity index (χ3n) is 5.97. The molecule has 9 nitrogen and oxygen atoms in total. The van der Waals surface area contributed by atoms with Gasteiger partial charge in [-0.15, -0.1) is 0 Å². The van der Waals surface area contributed by atoms with Crippen LogP contribution in [0.25, 0.3) is 0 Å². The van der Waals surface area contributed by atoms with E-state index in [4.69, 9.17) is 4.74 Å². The van der Waals surface area contributed by atoms with Crippen LogP contribution in [0.3, 0.4) is 0 Å². The van der Waals surface area contributed by atoms with Crippen LogP contribution >= 0.6 is 0 Å². The van der Waals surface area contributed by atoms with Crippen molar-refractivity contribution in [3.63, 3.8) is 0 Å². The van der Waals surface area contributed by atoms with Crippen molar-refractivity contribution in [3.8, 4) is 5.75 Å². The zero-order chi connectivity index (χ0) is 21.2. The van der Waals surface area contributed by atoms with Crippen LogP contribution in [0.15, 0.2) is 29.4 Å². The summed E-state index contributed by atoms with van der Waals surface area (Å²) in [6.07, 6.45) is 0.619. The van der Waals surface area contributed by atoms with Crippen LogP contribution < -0.4 is 14.5 Å². The predicted molar refractivity (Wildman–Crippen MR) is 109 cm³/mol. The molecule has 2 aromatic rings. The molecule has 1 fully saturated rings. The van der Waals surface area contributed by atoms with Gasteiger partial charge in [0.15, 0.2) is 17.2 Å². The lowest BCUT2D eigenvalue weighted by Crippen LogP contribution is -2.48. The molecule has 0 radical (unpaired) electrons. The molecule has 5 rings (SSSR count). The minimum atomic E-state index is -1.70. The lowest BCUT2D eigenvalue weighted by molar-refractivity contribution is 0.0602. The Hall–Kier alpha value is -3.46.